The minimum Gasteiger partial charge on any atom is -0.341 e. The SMILES string of the molecule is Cc1nn(CC(=O)N2CC(C)CC(C)C2)c(=O)c(C#N)c1C. The molecule has 1 aromatic rings. The molecule has 1 saturated heterocycles. The monoisotopic (exact) mass is 302 g/mol. The lowest BCUT2D eigenvalue weighted by molar-refractivity contribution is -0.134. The van der Waals surface area contributed by atoms with Crippen molar-refractivity contribution in [3.05, 3.63) is 27.2 Å². The number of rotatable bonds is 2. The summed E-state index contributed by atoms with van der Waals surface area (Å²) in [4.78, 5) is 26.5. The largest absolute Gasteiger partial charge is 0.341 e. The van der Waals surface area contributed by atoms with Gasteiger partial charge in [-0.05, 0) is 37.7 Å². The molecule has 118 valence electrons. The topological polar surface area (TPSA) is 79.0 Å². The Kier molecular flexibility index (Phi) is 4.65. The highest BCUT2D eigenvalue weighted by molar-refractivity contribution is 5.76. The van der Waals surface area contributed by atoms with Crippen LogP contribution in [0.1, 0.15) is 37.1 Å². The molecule has 6 heteroatoms. The quantitative estimate of drug-likeness (QED) is 0.823. The Morgan fingerprint density at radius 2 is 1.91 bits per heavy atom. The van der Waals surface area contributed by atoms with Gasteiger partial charge in [0, 0.05) is 13.1 Å². The number of nitriles is 1. The third-order valence-electron chi connectivity index (χ3n) is 4.26. The van der Waals surface area contributed by atoms with E-state index < -0.39 is 5.56 Å². The van der Waals surface area contributed by atoms with Crippen LogP contribution in [-0.4, -0.2) is 33.7 Å². The molecular weight excluding hydrogens is 280 g/mol. The van der Waals surface area contributed by atoms with Crippen molar-refractivity contribution < 1.29 is 4.79 Å². The molecule has 0 N–H and O–H groups in total. The molecule has 1 fully saturated rings. The third-order valence-corrected chi connectivity index (χ3v) is 4.26. The summed E-state index contributed by atoms with van der Waals surface area (Å²) in [5.41, 5.74) is 0.762. The molecule has 2 rings (SSSR count). The van der Waals surface area contributed by atoms with Crippen LogP contribution in [0.25, 0.3) is 0 Å². The Bertz CT molecular complexity index is 677. The first-order chi connectivity index (χ1) is 10.3. The van der Waals surface area contributed by atoms with Crippen LogP contribution in [0.2, 0.25) is 0 Å². The molecular formula is C16H22N4O2. The molecule has 2 atom stereocenters. The van der Waals surface area contributed by atoms with Gasteiger partial charge in [0.05, 0.1) is 5.69 Å². The number of nitrogens with zero attached hydrogens (tertiary/aromatic N) is 4. The average molecular weight is 302 g/mol. The summed E-state index contributed by atoms with van der Waals surface area (Å²) in [7, 11) is 0. The van der Waals surface area contributed by atoms with Gasteiger partial charge in [0.15, 0.2) is 0 Å². The maximum Gasteiger partial charge on any atom is 0.285 e. The molecule has 1 aliphatic heterocycles. The van der Waals surface area contributed by atoms with Gasteiger partial charge in [-0.1, -0.05) is 13.8 Å². The lowest BCUT2D eigenvalue weighted by Gasteiger charge is -2.35. The van der Waals surface area contributed by atoms with Crippen LogP contribution >= 0.6 is 0 Å². The van der Waals surface area contributed by atoms with E-state index in [4.69, 9.17) is 5.26 Å². The van der Waals surface area contributed by atoms with Gasteiger partial charge in [0.25, 0.3) is 5.56 Å². The molecule has 0 bridgehead atoms. The number of piperidine rings is 1. The van der Waals surface area contributed by atoms with Crippen LogP contribution in [0.3, 0.4) is 0 Å². The molecule has 6 nitrogen and oxygen atoms in total. The Labute approximate surface area is 130 Å². The van der Waals surface area contributed by atoms with Crippen molar-refractivity contribution in [2.75, 3.05) is 13.1 Å². The van der Waals surface area contributed by atoms with Gasteiger partial charge in [-0.15, -0.1) is 0 Å². The zero-order valence-electron chi connectivity index (χ0n) is 13.6. The maximum absolute atomic E-state index is 12.4. The van der Waals surface area contributed by atoms with Crippen molar-refractivity contribution in [1.82, 2.24) is 14.7 Å². The first-order valence-electron chi connectivity index (χ1n) is 7.59. The van der Waals surface area contributed by atoms with E-state index >= 15 is 0 Å². The number of aryl methyl sites for hydroxylation is 1. The molecule has 0 saturated carbocycles. The second kappa shape index (κ2) is 6.30. The summed E-state index contributed by atoms with van der Waals surface area (Å²) in [5, 5.41) is 13.3. The van der Waals surface area contributed by atoms with Crippen molar-refractivity contribution in [2.45, 2.75) is 40.7 Å². The van der Waals surface area contributed by atoms with Gasteiger partial charge in [0.2, 0.25) is 5.91 Å². The predicted octanol–water partition coefficient (Wildman–Crippen LogP) is 1.24. The minimum atomic E-state index is -0.489. The summed E-state index contributed by atoms with van der Waals surface area (Å²) >= 11 is 0. The number of amides is 1. The second-order valence-electron chi connectivity index (χ2n) is 6.40. The van der Waals surface area contributed by atoms with E-state index in [1.165, 1.54) is 0 Å². The van der Waals surface area contributed by atoms with Crippen molar-refractivity contribution in [3.63, 3.8) is 0 Å². The molecule has 0 radical (unpaired) electrons. The Morgan fingerprint density at radius 1 is 1.32 bits per heavy atom. The fraction of sp³-hybridized carbons (Fsp3) is 0.625. The van der Waals surface area contributed by atoms with E-state index in [9.17, 15) is 9.59 Å². The van der Waals surface area contributed by atoms with E-state index in [-0.39, 0.29) is 18.0 Å². The third kappa shape index (κ3) is 3.19. The van der Waals surface area contributed by atoms with E-state index in [0.29, 0.717) is 36.2 Å². The van der Waals surface area contributed by atoms with E-state index in [0.717, 1.165) is 11.1 Å². The molecule has 1 aromatic heterocycles. The van der Waals surface area contributed by atoms with Crippen LogP contribution in [0, 0.1) is 37.0 Å². The van der Waals surface area contributed by atoms with E-state index in [2.05, 4.69) is 18.9 Å². The van der Waals surface area contributed by atoms with Crippen molar-refractivity contribution >= 4 is 5.91 Å². The number of carbonyl (C=O) groups is 1. The molecule has 1 aliphatic rings. The van der Waals surface area contributed by atoms with Crippen LogP contribution in [-0.2, 0) is 11.3 Å². The molecule has 0 aromatic carbocycles. The van der Waals surface area contributed by atoms with Crippen LogP contribution in [0.5, 0.6) is 0 Å². The highest BCUT2D eigenvalue weighted by Gasteiger charge is 2.26. The minimum absolute atomic E-state index is 0.0701. The van der Waals surface area contributed by atoms with Gasteiger partial charge in [-0.3, -0.25) is 9.59 Å². The van der Waals surface area contributed by atoms with E-state index in [1.54, 1.807) is 18.7 Å². The zero-order valence-corrected chi connectivity index (χ0v) is 13.6. The molecule has 2 unspecified atom stereocenters. The van der Waals surface area contributed by atoms with Crippen LogP contribution in [0.4, 0.5) is 0 Å². The van der Waals surface area contributed by atoms with Gasteiger partial charge >= 0.3 is 0 Å². The summed E-state index contributed by atoms with van der Waals surface area (Å²) in [6.07, 6.45) is 1.12. The lowest BCUT2D eigenvalue weighted by Crippen LogP contribution is -2.45. The van der Waals surface area contributed by atoms with Gasteiger partial charge in [-0.25, -0.2) is 4.68 Å². The summed E-state index contributed by atoms with van der Waals surface area (Å²) in [6, 6.07) is 1.91. The number of carbonyl (C=O) groups excluding carboxylic acids is 1. The fourth-order valence-corrected chi connectivity index (χ4v) is 3.11. The maximum atomic E-state index is 12.4. The summed E-state index contributed by atoms with van der Waals surface area (Å²) in [6.45, 7) is 9.02. The molecule has 2 heterocycles. The molecule has 0 spiro atoms. The number of aromatic nitrogens is 2. The number of hydrogen-bond donors (Lipinski definition) is 0. The standard InChI is InChI=1S/C16H22N4O2/c1-10-5-11(2)8-19(7-10)15(21)9-20-16(22)14(6-17)12(3)13(4)18-20/h10-11H,5,7-9H2,1-4H3. The molecule has 0 aliphatic carbocycles. The van der Waals surface area contributed by atoms with Crippen LogP contribution < -0.4 is 5.56 Å². The highest BCUT2D eigenvalue weighted by Crippen LogP contribution is 2.21. The van der Waals surface area contributed by atoms with Crippen molar-refractivity contribution in [3.8, 4) is 6.07 Å². The van der Waals surface area contributed by atoms with Gasteiger partial charge in [-0.2, -0.15) is 10.4 Å². The Morgan fingerprint density at radius 3 is 2.45 bits per heavy atom. The summed E-state index contributed by atoms with van der Waals surface area (Å²) in [5.74, 6) is 0.818. The normalized spacial score (nSPS) is 21.5. The number of likely N-dealkylation sites (tertiary alicyclic amines) is 1. The number of hydrogen-bond acceptors (Lipinski definition) is 4. The van der Waals surface area contributed by atoms with Crippen LogP contribution in [0.15, 0.2) is 4.79 Å². The Hall–Kier alpha value is -2.16. The van der Waals surface area contributed by atoms with Crippen molar-refractivity contribution in [2.24, 2.45) is 11.8 Å². The Balaban J connectivity index is 2.24. The zero-order chi connectivity index (χ0) is 16.4. The first kappa shape index (κ1) is 16.2. The average Bonchev–Trinajstić information content (AvgIpc) is 2.44. The van der Waals surface area contributed by atoms with E-state index in [1.807, 2.05) is 6.07 Å². The fourth-order valence-electron chi connectivity index (χ4n) is 3.11. The summed E-state index contributed by atoms with van der Waals surface area (Å²) < 4.78 is 1.12. The molecule has 1 amide bonds. The van der Waals surface area contributed by atoms with Crippen molar-refractivity contribution in [1.29, 1.82) is 5.26 Å². The first-order valence-corrected chi connectivity index (χ1v) is 7.59. The highest BCUT2D eigenvalue weighted by atomic mass is 16.2. The van der Waals surface area contributed by atoms with Gasteiger partial charge in [0.1, 0.15) is 18.2 Å². The smallest absolute Gasteiger partial charge is 0.285 e. The predicted molar refractivity (Wildman–Crippen MR) is 82.2 cm³/mol. The lowest BCUT2D eigenvalue weighted by atomic mass is 9.92. The second-order valence-corrected chi connectivity index (χ2v) is 6.40. The van der Waals surface area contributed by atoms with Gasteiger partial charge < -0.3 is 4.90 Å². The molecule has 22 heavy (non-hydrogen) atoms.